The zero-order chi connectivity index (χ0) is 25.2. The number of aliphatic hydroxyl groups is 6. The molecular formula is C18H26N6O10. The molecule has 34 heavy (non-hydrogen) atoms. The van der Waals surface area contributed by atoms with Gasteiger partial charge in [-0.05, 0) is 12.1 Å². The SMILES string of the molecule is Nc1ccn([C@@H]2O[C@H](CO)[C@@H](O)[C@@H]2O)c(=O)n1.Nc1ccn([C@@H]2O[C@H](CO)[C@@H](O)[C@@H]2O)c(=O)n1. The minimum absolute atomic E-state index is 0.0537. The Morgan fingerprint density at radius 1 is 0.735 bits per heavy atom. The first kappa shape index (κ1) is 25.7. The Morgan fingerprint density at radius 3 is 1.35 bits per heavy atom. The zero-order valence-electron chi connectivity index (χ0n) is 17.6. The highest BCUT2D eigenvalue weighted by Crippen LogP contribution is 2.28. The number of ether oxygens (including phenoxy) is 2. The highest BCUT2D eigenvalue weighted by atomic mass is 16.6. The normalized spacial score (nSPS) is 32.9. The monoisotopic (exact) mass is 486 g/mol. The van der Waals surface area contributed by atoms with Crippen LogP contribution in [0.15, 0.2) is 34.1 Å². The van der Waals surface area contributed by atoms with Gasteiger partial charge in [-0.25, -0.2) is 9.59 Å². The van der Waals surface area contributed by atoms with Crippen LogP contribution < -0.4 is 22.8 Å². The van der Waals surface area contributed by atoms with Gasteiger partial charge in [0, 0.05) is 12.4 Å². The van der Waals surface area contributed by atoms with Crippen LogP contribution in [0.2, 0.25) is 0 Å². The molecule has 2 aliphatic rings. The molecule has 8 atom stereocenters. The average Bonchev–Trinajstić information content (AvgIpc) is 3.24. The molecule has 0 unspecified atom stereocenters. The van der Waals surface area contributed by atoms with Crippen LogP contribution in [0.4, 0.5) is 11.6 Å². The molecule has 4 rings (SSSR count). The summed E-state index contributed by atoms with van der Waals surface area (Å²) in [6, 6.07) is 2.74. The number of hydrogen-bond donors (Lipinski definition) is 8. The van der Waals surface area contributed by atoms with Crippen LogP contribution in [0.25, 0.3) is 0 Å². The van der Waals surface area contributed by atoms with Gasteiger partial charge in [-0.15, -0.1) is 0 Å². The summed E-state index contributed by atoms with van der Waals surface area (Å²) in [7, 11) is 0. The van der Waals surface area contributed by atoms with Crippen molar-refractivity contribution >= 4 is 11.6 Å². The third-order valence-corrected chi connectivity index (χ3v) is 5.29. The Morgan fingerprint density at radius 2 is 1.09 bits per heavy atom. The largest absolute Gasteiger partial charge is 0.394 e. The smallest absolute Gasteiger partial charge is 0.351 e. The van der Waals surface area contributed by atoms with Crippen molar-refractivity contribution in [3.05, 3.63) is 45.5 Å². The lowest BCUT2D eigenvalue weighted by atomic mass is 10.1. The van der Waals surface area contributed by atoms with Gasteiger partial charge in [0.25, 0.3) is 0 Å². The maximum atomic E-state index is 11.5. The van der Waals surface area contributed by atoms with E-state index in [0.29, 0.717) is 0 Å². The van der Waals surface area contributed by atoms with E-state index in [9.17, 15) is 30.0 Å². The standard InChI is InChI=1S/2C9H13N3O5/c2*10-5-1-2-12(9(16)11-5)8-7(15)6(14)4(3-13)17-8/h2*1-2,4,6-8,13-15H,3H2,(H2,10,11,16)/t2*4-,6-,7+,8-/m11/s1. The first-order valence-electron chi connectivity index (χ1n) is 10.0. The van der Waals surface area contributed by atoms with Crippen molar-refractivity contribution in [2.45, 2.75) is 49.1 Å². The van der Waals surface area contributed by atoms with E-state index >= 15 is 0 Å². The summed E-state index contributed by atoms with van der Waals surface area (Å²) in [5.41, 5.74) is 9.26. The molecule has 16 nitrogen and oxygen atoms in total. The Bertz CT molecular complexity index is 1010. The fraction of sp³-hybridized carbons (Fsp3) is 0.556. The quantitative estimate of drug-likeness (QED) is 0.201. The molecule has 0 amide bonds. The molecule has 0 bridgehead atoms. The predicted octanol–water partition coefficient (Wildman–Crippen LogP) is -5.13. The average molecular weight is 486 g/mol. The summed E-state index contributed by atoms with van der Waals surface area (Å²) in [6.45, 7) is -0.905. The number of nitrogens with zero attached hydrogens (tertiary/aromatic N) is 4. The molecule has 4 heterocycles. The molecule has 2 aromatic heterocycles. The van der Waals surface area contributed by atoms with E-state index in [4.69, 9.17) is 31.2 Å². The summed E-state index contributed by atoms with van der Waals surface area (Å²) < 4.78 is 12.4. The van der Waals surface area contributed by atoms with E-state index in [1.807, 2.05) is 0 Å². The summed E-state index contributed by atoms with van der Waals surface area (Å²) in [6.07, 6.45) is -6.53. The van der Waals surface area contributed by atoms with E-state index < -0.39 is 73.7 Å². The summed E-state index contributed by atoms with van der Waals surface area (Å²) in [5.74, 6) is 0.107. The molecule has 0 aromatic carbocycles. The van der Waals surface area contributed by atoms with E-state index in [1.54, 1.807) is 0 Å². The Balaban J connectivity index is 0.000000191. The second kappa shape index (κ2) is 10.5. The fourth-order valence-electron chi connectivity index (χ4n) is 3.46. The van der Waals surface area contributed by atoms with Crippen LogP contribution in [0.1, 0.15) is 12.5 Å². The number of nitrogen functional groups attached to an aromatic ring is 2. The van der Waals surface area contributed by atoms with E-state index in [2.05, 4.69) is 9.97 Å². The molecule has 2 aliphatic heterocycles. The van der Waals surface area contributed by atoms with Gasteiger partial charge in [0.15, 0.2) is 12.5 Å². The molecule has 0 radical (unpaired) electrons. The van der Waals surface area contributed by atoms with Crippen LogP contribution in [-0.2, 0) is 9.47 Å². The van der Waals surface area contributed by atoms with Crippen molar-refractivity contribution in [2.24, 2.45) is 0 Å². The molecule has 2 aromatic rings. The molecular weight excluding hydrogens is 460 g/mol. The third-order valence-electron chi connectivity index (χ3n) is 5.29. The van der Waals surface area contributed by atoms with Gasteiger partial charge in [0.05, 0.1) is 13.2 Å². The number of aliphatic hydroxyl groups excluding tert-OH is 6. The topological polar surface area (TPSA) is 262 Å². The van der Waals surface area contributed by atoms with Gasteiger partial charge in [0.1, 0.15) is 48.3 Å². The fourth-order valence-corrected chi connectivity index (χ4v) is 3.46. The van der Waals surface area contributed by atoms with Crippen LogP contribution in [0.3, 0.4) is 0 Å². The molecule has 0 aliphatic carbocycles. The maximum Gasteiger partial charge on any atom is 0.351 e. The van der Waals surface area contributed by atoms with E-state index in [1.165, 1.54) is 24.5 Å². The van der Waals surface area contributed by atoms with Gasteiger partial charge in [-0.1, -0.05) is 0 Å². The highest BCUT2D eigenvalue weighted by Gasteiger charge is 2.44. The molecule has 0 saturated carbocycles. The van der Waals surface area contributed by atoms with Crippen LogP contribution in [0, 0.1) is 0 Å². The van der Waals surface area contributed by atoms with Gasteiger partial charge in [-0.2, -0.15) is 9.97 Å². The second-order valence-electron chi connectivity index (χ2n) is 7.54. The molecule has 0 spiro atoms. The Kier molecular flexibility index (Phi) is 7.95. The Hall–Kier alpha value is -2.96. The van der Waals surface area contributed by atoms with Crippen molar-refractivity contribution in [3.63, 3.8) is 0 Å². The summed E-state index contributed by atoms with van der Waals surface area (Å²) in [4.78, 5) is 30.0. The first-order chi connectivity index (χ1) is 16.1. The maximum absolute atomic E-state index is 11.5. The molecule has 188 valence electrons. The summed E-state index contributed by atoms with van der Waals surface area (Å²) in [5, 5.41) is 56.3. The van der Waals surface area contributed by atoms with Crippen molar-refractivity contribution in [1.82, 2.24) is 19.1 Å². The Labute approximate surface area is 190 Å². The van der Waals surface area contributed by atoms with Crippen LogP contribution >= 0.6 is 0 Å². The van der Waals surface area contributed by atoms with Crippen molar-refractivity contribution < 1.29 is 40.1 Å². The number of anilines is 2. The minimum Gasteiger partial charge on any atom is -0.394 e. The van der Waals surface area contributed by atoms with Gasteiger partial charge >= 0.3 is 11.4 Å². The lowest BCUT2D eigenvalue weighted by Crippen LogP contribution is -2.36. The van der Waals surface area contributed by atoms with Crippen LogP contribution in [0.5, 0.6) is 0 Å². The zero-order valence-corrected chi connectivity index (χ0v) is 17.6. The van der Waals surface area contributed by atoms with Crippen molar-refractivity contribution in [2.75, 3.05) is 24.7 Å². The van der Waals surface area contributed by atoms with Gasteiger partial charge in [0.2, 0.25) is 0 Å². The summed E-state index contributed by atoms with van der Waals surface area (Å²) >= 11 is 0. The molecule has 16 heteroatoms. The number of rotatable bonds is 4. The minimum atomic E-state index is -1.31. The van der Waals surface area contributed by atoms with Crippen molar-refractivity contribution in [3.8, 4) is 0 Å². The first-order valence-corrected chi connectivity index (χ1v) is 10.0. The molecule has 2 saturated heterocycles. The van der Waals surface area contributed by atoms with Crippen molar-refractivity contribution in [1.29, 1.82) is 0 Å². The predicted molar refractivity (Wildman–Crippen MR) is 112 cm³/mol. The number of hydrogen-bond acceptors (Lipinski definition) is 14. The third kappa shape index (κ3) is 5.08. The number of nitrogens with two attached hydrogens (primary N) is 2. The van der Waals surface area contributed by atoms with E-state index in [-0.39, 0.29) is 11.6 Å². The highest BCUT2D eigenvalue weighted by molar-refractivity contribution is 5.24. The van der Waals surface area contributed by atoms with Gasteiger partial charge in [-0.3, -0.25) is 9.13 Å². The lowest BCUT2D eigenvalue weighted by Gasteiger charge is -2.16. The lowest BCUT2D eigenvalue weighted by molar-refractivity contribution is -0.0549. The second-order valence-corrected chi connectivity index (χ2v) is 7.54. The van der Waals surface area contributed by atoms with Gasteiger partial charge < -0.3 is 51.6 Å². The van der Waals surface area contributed by atoms with E-state index in [0.717, 1.165) is 9.13 Å². The number of aromatic nitrogens is 4. The van der Waals surface area contributed by atoms with Crippen LogP contribution in [-0.4, -0.2) is 99.6 Å². The molecule has 2 fully saturated rings. The molecule has 10 N–H and O–H groups in total.